The van der Waals surface area contributed by atoms with Gasteiger partial charge in [-0.3, -0.25) is 4.79 Å². The predicted octanol–water partition coefficient (Wildman–Crippen LogP) is 2.91. The lowest BCUT2D eigenvalue weighted by Crippen LogP contribution is -2.46. The molecule has 0 spiro atoms. The van der Waals surface area contributed by atoms with E-state index in [9.17, 15) is 9.18 Å². The number of nitrogens with two attached hydrogens (primary N) is 1. The van der Waals surface area contributed by atoms with E-state index in [1.165, 1.54) is 18.6 Å². The molecule has 1 atom stereocenters. The van der Waals surface area contributed by atoms with Crippen molar-refractivity contribution in [2.75, 3.05) is 6.54 Å². The third-order valence-electron chi connectivity index (χ3n) is 4.28. The highest BCUT2D eigenvalue weighted by Crippen LogP contribution is 2.39. The zero-order valence-electron chi connectivity index (χ0n) is 12.4. The van der Waals surface area contributed by atoms with Gasteiger partial charge in [0.2, 0.25) is 5.91 Å². The number of hydrogen-bond donors (Lipinski definition) is 2. The number of carbonyl (C=O) groups is 1. The van der Waals surface area contributed by atoms with Gasteiger partial charge in [0.1, 0.15) is 5.82 Å². The summed E-state index contributed by atoms with van der Waals surface area (Å²) in [5, 5.41) is 2.95. The number of halogens is 2. The van der Waals surface area contributed by atoms with Crippen molar-refractivity contribution in [3.05, 3.63) is 35.6 Å². The van der Waals surface area contributed by atoms with E-state index >= 15 is 0 Å². The number of amides is 1. The van der Waals surface area contributed by atoms with E-state index in [0.717, 1.165) is 31.2 Å². The van der Waals surface area contributed by atoms with Crippen LogP contribution in [0.1, 0.15) is 44.6 Å². The van der Waals surface area contributed by atoms with Crippen LogP contribution in [0, 0.1) is 5.82 Å². The van der Waals surface area contributed by atoms with E-state index in [1.807, 2.05) is 12.1 Å². The molecule has 1 aliphatic rings. The van der Waals surface area contributed by atoms with Crippen molar-refractivity contribution >= 4 is 18.3 Å². The minimum atomic E-state index is -0.496. The van der Waals surface area contributed by atoms with Crippen molar-refractivity contribution < 1.29 is 9.18 Å². The fourth-order valence-corrected chi connectivity index (χ4v) is 3.02. The second kappa shape index (κ2) is 7.76. The molecular weight excluding hydrogens is 291 g/mol. The summed E-state index contributed by atoms with van der Waals surface area (Å²) in [5.74, 6) is -0.351. The Hall–Kier alpha value is -1.13. The summed E-state index contributed by atoms with van der Waals surface area (Å²) in [6, 6.07) is 6.19. The minimum absolute atomic E-state index is 0. The van der Waals surface area contributed by atoms with Crippen LogP contribution in [0.15, 0.2) is 24.3 Å². The Kier molecular flexibility index (Phi) is 6.62. The highest BCUT2D eigenvalue weighted by atomic mass is 35.5. The van der Waals surface area contributed by atoms with Crippen LogP contribution in [0.25, 0.3) is 0 Å². The van der Waals surface area contributed by atoms with Gasteiger partial charge in [0.25, 0.3) is 0 Å². The molecule has 5 heteroatoms. The molecule has 1 saturated carbocycles. The molecule has 3 nitrogen and oxygen atoms in total. The lowest BCUT2D eigenvalue weighted by molar-refractivity contribution is -0.122. The van der Waals surface area contributed by atoms with Gasteiger partial charge in [-0.25, -0.2) is 4.39 Å². The van der Waals surface area contributed by atoms with Crippen molar-refractivity contribution in [3.63, 3.8) is 0 Å². The minimum Gasteiger partial charge on any atom is -0.354 e. The number of nitrogens with one attached hydrogen (secondary N) is 1. The molecule has 1 aromatic carbocycles. The van der Waals surface area contributed by atoms with Gasteiger partial charge in [0.05, 0.1) is 6.04 Å². The molecule has 0 heterocycles. The fourth-order valence-electron chi connectivity index (χ4n) is 3.02. The zero-order chi connectivity index (χ0) is 14.6. The van der Waals surface area contributed by atoms with Crippen LogP contribution in [-0.4, -0.2) is 18.5 Å². The smallest absolute Gasteiger partial charge is 0.236 e. The van der Waals surface area contributed by atoms with Crippen molar-refractivity contribution in [1.29, 1.82) is 0 Å². The quantitative estimate of drug-likeness (QED) is 0.898. The third-order valence-corrected chi connectivity index (χ3v) is 4.28. The van der Waals surface area contributed by atoms with Crippen LogP contribution in [0.3, 0.4) is 0 Å². The fraction of sp³-hybridized carbons (Fsp3) is 0.562. The van der Waals surface area contributed by atoms with Crippen LogP contribution >= 0.6 is 12.4 Å². The predicted molar refractivity (Wildman–Crippen MR) is 85.1 cm³/mol. The largest absolute Gasteiger partial charge is 0.354 e. The molecule has 118 valence electrons. The summed E-state index contributed by atoms with van der Waals surface area (Å²) in [6.45, 7) is 2.26. The maximum atomic E-state index is 13.1. The lowest BCUT2D eigenvalue weighted by Gasteiger charge is -2.38. The van der Waals surface area contributed by atoms with Crippen LogP contribution in [0.2, 0.25) is 0 Å². The molecule has 3 N–H and O–H groups in total. The number of hydrogen-bond acceptors (Lipinski definition) is 2. The first-order valence-electron chi connectivity index (χ1n) is 7.33. The standard InChI is InChI=1S/C16H23FN2O.ClH/c1-12(18)15(20)19-11-16(9-3-2-4-10-16)13-5-7-14(17)8-6-13;/h5-8,12H,2-4,9-11,18H2,1H3,(H,19,20);1H/t12-;/m1./s1. The van der Waals surface area contributed by atoms with Gasteiger partial charge >= 0.3 is 0 Å². The average molecular weight is 315 g/mol. The Bertz CT molecular complexity index is 456. The van der Waals surface area contributed by atoms with Gasteiger partial charge in [-0.05, 0) is 37.5 Å². The van der Waals surface area contributed by atoms with E-state index in [-0.39, 0.29) is 29.5 Å². The van der Waals surface area contributed by atoms with Gasteiger partial charge in [0, 0.05) is 12.0 Å². The number of rotatable bonds is 4. The van der Waals surface area contributed by atoms with Gasteiger partial charge in [-0.1, -0.05) is 31.4 Å². The third kappa shape index (κ3) is 4.42. The molecule has 1 amide bonds. The molecule has 1 fully saturated rings. The Balaban J connectivity index is 0.00000220. The number of benzene rings is 1. The summed E-state index contributed by atoms with van der Waals surface area (Å²) < 4.78 is 13.1. The molecule has 1 aromatic rings. The molecule has 0 unspecified atom stereocenters. The van der Waals surface area contributed by atoms with Crippen LogP contribution in [0.4, 0.5) is 4.39 Å². The number of carbonyl (C=O) groups excluding carboxylic acids is 1. The molecule has 0 bridgehead atoms. The average Bonchev–Trinajstić information content (AvgIpc) is 2.46. The van der Waals surface area contributed by atoms with Crippen molar-refractivity contribution in [2.45, 2.75) is 50.5 Å². The van der Waals surface area contributed by atoms with Crippen molar-refractivity contribution in [2.24, 2.45) is 5.73 Å². The van der Waals surface area contributed by atoms with Crippen LogP contribution in [-0.2, 0) is 10.2 Å². The summed E-state index contributed by atoms with van der Waals surface area (Å²) in [6.07, 6.45) is 5.57. The Morgan fingerprint density at radius 1 is 1.29 bits per heavy atom. The molecule has 2 rings (SSSR count). The normalized spacial score (nSPS) is 18.4. The first kappa shape index (κ1) is 17.9. The summed E-state index contributed by atoms with van der Waals surface area (Å²) in [7, 11) is 0. The molecule has 21 heavy (non-hydrogen) atoms. The summed E-state index contributed by atoms with van der Waals surface area (Å²) in [4.78, 5) is 11.7. The maximum absolute atomic E-state index is 13.1. The second-order valence-corrected chi connectivity index (χ2v) is 5.85. The van der Waals surface area contributed by atoms with Gasteiger partial charge < -0.3 is 11.1 Å². The van der Waals surface area contributed by atoms with Gasteiger partial charge in [-0.2, -0.15) is 0 Å². The summed E-state index contributed by atoms with van der Waals surface area (Å²) in [5.41, 5.74) is 6.63. The second-order valence-electron chi connectivity index (χ2n) is 5.85. The van der Waals surface area contributed by atoms with E-state index in [2.05, 4.69) is 5.32 Å². The van der Waals surface area contributed by atoms with Crippen molar-refractivity contribution in [1.82, 2.24) is 5.32 Å². The van der Waals surface area contributed by atoms with E-state index < -0.39 is 6.04 Å². The molecule has 0 radical (unpaired) electrons. The highest BCUT2D eigenvalue weighted by molar-refractivity contribution is 5.85. The van der Waals surface area contributed by atoms with E-state index in [1.54, 1.807) is 6.92 Å². The first-order chi connectivity index (χ1) is 9.53. The maximum Gasteiger partial charge on any atom is 0.236 e. The Labute approximate surface area is 131 Å². The van der Waals surface area contributed by atoms with Gasteiger partial charge in [0.15, 0.2) is 0 Å². The Morgan fingerprint density at radius 2 is 1.86 bits per heavy atom. The highest BCUT2D eigenvalue weighted by Gasteiger charge is 2.34. The lowest BCUT2D eigenvalue weighted by atomic mass is 9.69. The van der Waals surface area contributed by atoms with E-state index in [0.29, 0.717) is 6.54 Å². The molecular formula is C16H24ClFN2O. The zero-order valence-corrected chi connectivity index (χ0v) is 13.2. The van der Waals surface area contributed by atoms with E-state index in [4.69, 9.17) is 5.73 Å². The molecule has 0 aromatic heterocycles. The van der Waals surface area contributed by atoms with Gasteiger partial charge in [-0.15, -0.1) is 12.4 Å². The molecule has 0 aliphatic heterocycles. The first-order valence-corrected chi connectivity index (χ1v) is 7.33. The topological polar surface area (TPSA) is 55.1 Å². The van der Waals surface area contributed by atoms with Crippen molar-refractivity contribution in [3.8, 4) is 0 Å². The monoisotopic (exact) mass is 314 g/mol. The SMILES string of the molecule is C[C@@H](N)C(=O)NCC1(c2ccc(F)cc2)CCCCC1.Cl. The van der Waals surface area contributed by atoms with Crippen LogP contribution < -0.4 is 11.1 Å². The van der Waals surface area contributed by atoms with Crippen LogP contribution in [0.5, 0.6) is 0 Å². The molecule has 1 aliphatic carbocycles. The Morgan fingerprint density at radius 3 is 2.38 bits per heavy atom. The summed E-state index contributed by atoms with van der Waals surface area (Å²) >= 11 is 0. The molecule has 0 saturated heterocycles.